The van der Waals surface area contributed by atoms with Gasteiger partial charge in [0, 0.05) is 10.6 Å². The van der Waals surface area contributed by atoms with Crippen LogP contribution in [0.1, 0.15) is 16.1 Å². The van der Waals surface area contributed by atoms with Crippen molar-refractivity contribution in [2.24, 2.45) is 0 Å². The van der Waals surface area contributed by atoms with Gasteiger partial charge in [0.1, 0.15) is 5.82 Å². The van der Waals surface area contributed by atoms with E-state index in [1.807, 2.05) is 12.1 Å². The first-order valence-corrected chi connectivity index (χ1v) is 6.94. The van der Waals surface area contributed by atoms with Gasteiger partial charge in [0.25, 0.3) is 0 Å². The number of halogens is 2. The summed E-state index contributed by atoms with van der Waals surface area (Å²) < 4.78 is 15.0. The maximum atomic E-state index is 13.4. The second-order valence-corrected chi connectivity index (χ2v) is 5.17. The smallest absolute Gasteiger partial charge is 0.172 e. The Morgan fingerprint density at radius 3 is 2.64 bits per heavy atom. The highest BCUT2D eigenvalue weighted by molar-refractivity contribution is 6.30. The van der Waals surface area contributed by atoms with Crippen LogP contribution in [0.4, 0.5) is 4.39 Å². The third-order valence-corrected chi connectivity index (χ3v) is 3.47. The molecule has 1 aromatic heterocycles. The van der Waals surface area contributed by atoms with Crippen LogP contribution < -0.4 is 0 Å². The molecule has 3 rings (SSSR count). The first-order chi connectivity index (χ1) is 10.7. The minimum atomic E-state index is -0.381. The Balaban J connectivity index is 2.03. The fourth-order valence-electron chi connectivity index (χ4n) is 2.21. The second-order valence-electron chi connectivity index (χ2n) is 4.74. The van der Waals surface area contributed by atoms with Gasteiger partial charge in [-0.1, -0.05) is 41.1 Å². The minimum absolute atomic E-state index is 0.180. The van der Waals surface area contributed by atoms with Gasteiger partial charge in [0.2, 0.25) is 0 Å². The minimum Gasteiger partial charge on any atom is -0.296 e. The van der Waals surface area contributed by atoms with Gasteiger partial charge in [-0.15, -0.1) is 5.10 Å². The molecule has 0 radical (unpaired) electrons. The standard InChI is InChI=1S/C16H11ClFN3O/c17-13-6-4-11(5-7-13)9-21-16(15(10-22)19-20-21)12-2-1-3-14(18)8-12/h1-8,10H,9H2. The van der Waals surface area contributed by atoms with Crippen LogP contribution in [0.3, 0.4) is 0 Å². The molecule has 6 heteroatoms. The first kappa shape index (κ1) is 14.4. The highest BCUT2D eigenvalue weighted by atomic mass is 35.5. The van der Waals surface area contributed by atoms with Gasteiger partial charge in [-0.05, 0) is 29.8 Å². The van der Waals surface area contributed by atoms with Crippen LogP contribution in [-0.4, -0.2) is 21.3 Å². The number of benzene rings is 2. The van der Waals surface area contributed by atoms with Crippen molar-refractivity contribution >= 4 is 17.9 Å². The fourth-order valence-corrected chi connectivity index (χ4v) is 2.34. The van der Waals surface area contributed by atoms with Crippen LogP contribution in [0.5, 0.6) is 0 Å². The summed E-state index contributed by atoms with van der Waals surface area (Å²) in [4.78, 5) is 11.2. The molecule has 0 fully saturated rings. The van der Waals surface area contributed by atoms with E-state index in [9.17, 15) is 9.18 Å². The zero-order valence-electron chi connectivity index (χ0n) is 11.4. The van der Waals surface area contributed by atoms with E-state index in [4.69, 9.17) is 11.6 Å². The molecule has 0 amide bonds. The lowest BCUT2D eigenvalue weighted by Gasteiger charge is -2.07. The second kappa shape index (κ2) is 6.07. The lowest BCUT2D eigenvalue weighted by atomic mass is 10.1. The maximum absolute atomic E-state index is 13.4. The highest BCUT2D eigenvalue weighted by Crippen LogP contribution is 2.23. The molecule has 0 aliphatic rings. The van der Waals surface area contributed by atoms with Crippen molar-refractivity contribution in [3.05, 3.63) is 70.6 Å². The number of carbonyl (C=O) groups excluding carboxylic acids is 1. The van der Waals surface area contributed by atoms with Crippen LogP contribution in [0.2, 0.25) is 5.02 Å². The molecule has 2 aromatic carbocycles. The van der Waals surface area contributed by atoms with Gasteiger partial charge < -0.3 is 0 Å². The molecule has 0 bridgehead atoms. The lowest BCUT2D eigenvalue weighted by molar-refractivity contribution is 0.111. The lowest BCUT2D eigenvalue weighted by Crippen LogP contribution is -2.04. The fraction of sp³-hybridized carbons (Fsp3) is 0.0625. The summed E-state index contributed by atoms with van der Waals surface area (Å²) >= 11 is 5.86. The van der Waals surface area contributed by atoms with E-state index in [0.717, 1.165) is 5.56 Å². The topological polar surface area (TPSA) is 47.8 Å². The van der Waals surface area contributed by atoms with Crippen LogP contribution in [0.15, 0.2) is 48.5 Å². The summed E-state index contributed by atoms with van der Waals surface area (Å²) in [5.41, 5.74) is 2.18. The number of rotatable bonds is 4. The van der Waals surface area contributed by atoms with Gasteiger partial charge in [0.15, 0.2) is 12.0 Å². The van der Waals surface area contributed by atoms with Crippen molar-refractivity contribution < 1.29 is 9.18 Å². The Kier molecular flexibility index (Phi) is 3.98. The molecular formula is C16H11ClFN3O. The molecule has 1 heterocycles. The average molecular weight is 316 g/mol. The monoisotopic (exact) mass is 315 g/mol. The summed E-state index contributed by atoms with van der Waals surface area (Å²) in [6.07, 6.45) is 0.617. The molecular weight excluding hydrogens is 305 g/mol. The molecule has 0 unspecified atom stereocenters. The molecule has 0 spiro atoms. The Labute approximate surface area is 131 Å². The predicted molar refractivity (Wildman–Crippen MR) is 81.4 cm³/mol. The van der Waals surface area contributed by atoms with Crippen molar-refractivity contribution in [2.75, 3.05) is 0 Å². The number of aromatic nitrogens is 3. The predicted octanol–water partition coefficient (Wildman–Crippen LogP) is 3.60. The van der Waals surface area contributed by atoms with E-state index >= 15 is 0 Å². The summed E-state index contributed by atoms with van der Waals surface area (Å²) in [7, 11) is 0. The Bertz CT molecular complexity index is 815. The summed E-state index contributed by atoms with van der Waals surface area (Å²) in [6.45, 7) is 0.407. The Morgan fingerprint density at radius 2 is 1.95 bits per heavy atom. The largest absolute Gasteiger partial charge is 0.296 e. The molecule has 4 nitrogen and oxygen atoms in total. The Hall–Kier alpha value is -2.53. The van der Waals surface area contributed by atoms with E-state index in [2.05, 4.69) is 10.3 Å². The quantitative estimate of drug-likeness (QED) is 0.691. The van der Waals surface area contributed by atoms with Crippen molar-refractivity contribution in [3.63, 3.8) is 0 Å². The van der Waals surface area contributed by atoms with Gasteiger partial charge in [0.05, 0.1) is 12.2 Å². The number of hydrogen-bond donors (Lipinski definition) is 0. The molecule has 0 aliphatic heterocycles. The number of carbonyl (C=O) groups is 1. The van der Waals surface area contributed by atoms with Crippen molar-refractivity contribution in [1.29, 1.82) is 0 Å². The van der Waals surface area contributed by atoms with E-state index in [1.54, 1.807) is 28.9 Å². The average Bonchev–Trinajstić information content (AvgIpc) is 2.92. The molecule has 3 aromatic rings. The maximum Gasteiger partial charge on any atom is 0.172 e. The van der Waals surface area contributed by atoms with Crippen molar-refractivity contribution in [1.82, 2.24) is 15.0 Å². The summed E-state index contributed by atoms with van der Waals surface area (Å²) in [6, 6.07) is 13.3. The van der Waals surface area contributed by atoms with E-state index < -0.39 is 0 Å². The summed E-state index contributed by atoms with van der Waals surface area (Å²) in [5, 5.41) is 8.48. The molecule has 0 saturated carbocycles. The molecule has 0 saturated heterocycles. The van der Waals surface area contributed by atoms with Crippen molar-refractivity contribution in [3.8, 4) is 11.3 Å². The Morgan fingerprint density at radius 1 is 1.18 bits per heavy atom. The number of nitrogens with zero attached hydrogens (tertiary/aromatic N) is 3. The van der Waals surface area contributed by atoms with Gasteiger partial charge in [-0.2, -0.15) is 0 Å². The highest BCUT2D eigenvalue weighted by Gasteiger charge is 2.15. The zero-order valence-corrected chi connectivity index (χ0v) is 12.2. The molecule has 22 heavy (non-hydrogen) atoms. The third kappa shape index (κ3) is 2.89. The van der Waals surface area contributed by atoms with E-state index in [0.29, 0.717) is 29.1 Å². The van der Waals surface area contributed by atoms with Gasteiger partial charge >= 0.3 is 0 Å². The van der Waals surface area contributed by atoms with E-state index in [-0.39, 0.29) is 11.5 Å². The SMILES string of the molecule is O=Cc1nnn(Cc2ccc(Cl)cc2)c1-c1cccc(F)c1. The molecule has 0 N–H and O–H groups in total. The van der Waals surface area contributed by atoms with Crippen LogP contribution >= 0.6 is 11.6 Å². The summed E-state index contributed by atoms with van der Waals surface area (Å²) in [5.74, 6) is -0.381. The van der Waals surface area contributed by atoms with E-state index in [1.165, 1.54) is 12.1 Å². The van der Waals surface area contributed by atoms with Gasteiger partial charge in [-0.25, -0.2) is 9.07 Å². The van der Waals surface area contributed by atoms with Gasteiger partial charge in [-0.3, -0.25) is 4.79 Å². The van der Waals surface area contributed by atoms with Crippen LogP contribution in [-0.2, 0) is 6.54 Å². The number of aldehydes is 1. The van der Waals surface area contributed by atoms with Crippen LogP contribution in [0, 0.1) is 5.82 Å². The zero-order chi connectivity index (χ0) is 15.5. The third-order valence-electron chi connectivity index (χ3n) is 3.22. The number of hydrogen-bond acceptors (Lipinski definition) is 3. The normalized spacial score (nSPS) is 10.6. The van der Waals surface area contributed by atoms with Crippen molar-refractivity contribution in [2.45, 2.75) is 6.54 Å². The van der Waals surface area contributed by atoms with Crippen LogP contribution in [0.25, 0.3) is 11.3 Å². The molecule has 0 atom stereocenters. The molecule has 0 aliphatic carbocycles. The molecule has 110 valence electrons. The first-order valence-electron chi connectivity index (χ1n) is 6.56.